The quantitative estimate of drug-likeness (QED) is 0.682. The van der Waals surface area contributed by atoms with Gasteiger partial charge in [0, 0.05) is 5.56 Å². The number of rotatable bonds is 0. The second kappa shape index (κ2) is 2.95. The minimum Gasteiger partial charge on any atom is -0.366 e. The van der Waals surface area contributed by atoms with Gasteiger partial charge in [0.2, 0.25) is 0 Å². The van der Waals surface area contributed by atoms with Gasteiger partial charge in [-0.15, -0.1) is 0 Å². The number of pyridine rings is 1. The molecule has 3 nitrogen and oxygen atoms in total. The molecule has 4 heteroatoms. The number of anilines is 1. The summed E-state index contributed by atoms with van der Waals surface area (Å²) in [6, 6.07) is 2.06. The van der Waals surface area contributed by atoms with Gasteiger partial charge in [-0.2, -0.15) is 5.26 Å². The van der Waals surface area contributed by atoms with Crippen LogP contribution < -0.4 is 5.32 Å². The van der Waals surface area contributed by atoms with Gasteiger partial charge in [0.05, 0.1) is 17.8 Å². The van der Waals surface area contributed by atoms with E-state index in [0.717, 1.165) is 0 Å². The predicted molar refractivity (Wildman–Crippen MR) is 50.8 cm³/mol. The van der Waals surface area contributed by atoms with Crippen LogP contribution in [0.15, 0.2) is 0 Å². The zero-order valence-electron chi connectivity index (χ0n) is 8.06. The van der Waals surface area contributed by atoms with E-state index in [9.17, 15) is 4.39 Å². The lowest BCUT2D eigenvalue weighted by molar-refractivity contribution is 0.372. The van der Waals surface area contributed by atoms with E-state index in [1.54, 1.807) is 13.8 Å². The van der Waals surface area contributed by atoms with E-state index in [-0.39, 0.29) is 6.54 Å². The molecule has 0 radical (unpaired) electrons. The van der Waals surface area contributed by atoms with Gasteiger partial charge in [-0.05, 0) is 19.4 Å². The fourth-order valence-electron chi connectivity index (χ4n) is 1.84. The van der Waals surface area contributed by atoms with Crippen molar-refractivity contribution in [2.75, 3.05) is 11.9 Å². The van der Waals surface area contributed by atoms with E-state index in [1.165, 1.54) is 0 Å². The highest BCUT2D eigenvalue weighted by Gasteiger charge is 2.27. The van der Waals surface area contributed by atoms with E-state index < -0.39 is 6.17 Å². The first kappa shape index (κ1) is 8.95. The molecule has 0 aromatic carbocycles. The van der Waals surface area contributed by atoms with E-state index in [1.807, 2.05) is 0 Å². The standard InChI is InChI=1S/C10H10FN3/c1-5-7(3-12)6(2)14-10-9(5)8(11)4-13-10/h8H,4H2,1-2H3,(H,13,14). The predicted octanol–water partition coefficient (Wildman–Crippen LogP) is 2.01. The van der Waals surface area contributed by atoms with Crippen molar-refractivity contribution < 1.29 is 4.39 Å². The van der Waals surface area contributed by atoms with Crippen LogP contribution in [-0.4, -0.2) is 11.5 Å². The van der Waals surface area contributed by atoms with Crippen LogP contribution in [0.4, 0.5) is 10.2 Å². The molecule has 0 saturated heterocycles. The molecule has 72 valence electrons. The molecule has 1 N–H and O–H groups in total. The van der Waals surface area contributed by atoms with Crippen LogP contribution in [0, 0.1) is 25.2 Å². The number of fused-ring (bicyclic) bond motifs is 1. The highest BCUT2D eigenvalue weighted by Crippen LogP contribution is 2.35. The Hall–Kier alpha value is -1.63. The van der Waals surface area contributed by atoms with Crippen molar-refractivity contribution in [2.24, 2.45) is 0 Å². The van der Waals surface area contributed by atoms with Gasteiger partial charge in [-0.3, -0.25) is 0 Å². The van der Waals surface area contributed by atoms with Crippen molar-refractivity contribution in [3.8, 4) is 6.07 Å². The fourth-order valence-corrected chi connectivity index (χ4v) is 1.84. The number of nitrogens with one attached hydrogen (secondary N) is 1. The van der Waals surface area contributed by atoms with Crippen LogP contribution in [0.2, 0.25) is 0 Å². The van der Waals surface area contributed by atoms with Crippen molar-refractivity contribution in [2.45, 2.75) is 20.0 Å². The molecule has 0 aliphatic carbocycles. The van der Waals surface area contributed by atoms with E-state index in [2.05, 4.69) is 16.4 Å². The summed E-state index contributed by atoms with van der Waals surface area (Å²) in [5, 5.41) is 11.8. The van der Waals surface area contributed by atoms with Gasteiger partial charge in [0.25, 0.3) is 0 Å². The van der Waals surface area contributed by atoms with Gasteiger partial charge in [0.1, 0.15) is 18.1 Å². The van der Waals surface area contributed by atoms with Crippen LogP contribution >= 0.6 is 0 Å². The van der Waals surface area contributed by atoms with Crippen molar-refractivity contribution in [3.63, 3.8) is 0 Å². The van der Waals surface area contributed by atoms with Gasteiger partial charge in [-0.1, -0.05) is 0 Å². The van der Waals surface area contributed by atoms with Crippen molar-refractivity contribution in [1.82, 2.24) is 4.98 Å². The lowest BCUT2D eigenvalue weighted by atomic mass is 10.0. The summed E-state index contributed by atoms with van der Waals surface area (Å²) in [7, 11) is 0. The molecule has 0 fully saturated rings. The number of aromatic nitrogens is 1. The highest BCUT2D eigenvalue weighted by atomic mass is 19.1. The Bertz CT molecular complexity index is 434. The smallest absolute Gasteiger partial charge is 0.146 e. The van der Waals surface area contributed by atoms with Gasteiger partial charge in [-0.25, -0.2) is 9.37 Å². The lowest BCUT2D eigenvalue weighted by Crippen LogP contribution is -1.99. The third-order valence-corrected chi connectivity index (χ3v) is 2.55. The van der Waals surface area contributed by atoms with Gasteiger partial charge < -0.3 is 5.32 Å². The average molecular weight is 191 g/mol. The molecule has 1 aromatic rings. The first-order valence-electron chi connectivity index (χ1n) is 4.44. The molecular formula is C10H10FN3. The fraction of sp³-hybridized carbons (Fsp3) is 0.400. The largest absolute Gasteiger partial charge is 0.366 e. The molecule has 1 aliphatic heterocycles. The molecule has 0 bridgehead atoms. The van der Waals surface area contributed by atoms with Crippen molar-refractivity contribution in [3.05, 3.63) is 22.4 Å². The van der Waals surface area contributed by atoms with E-state index >= 15 is 0 Å². The zero-order chi connectivity index (χ0) is 10.3. The molecule has 14 heavy (non-hydrogen) atoms. The normalized spacial score (nSPS) is 18.6. The number of nitrogens with zero attached hydrogens (tertiary/aromatic N) is 2. The molecule has 2 heterocycles. The SMILES string of the molecule is Cc1nc2c(c(C)c1C#N)C(F)CN2. The molecule has 1 unspecified atom stereocenters. The number of alkyl halides is 1. The van der Waals surface area contributed by atoms with E-state index in [4.69, 9.17) is 5.26 Å². The zero-order valence-corrected chi connectivity index (χ0v) is 8.06. The molecule has 0 saturated carbocycles. The third-order valence-electron chi connectivity index (χ3n) is 2.55. The first-order chi connectivity index (χ1) is 6.65. The van der Waals surface area contributed by atoms with Crippen molar-refractivity contribution >= 4 is 5.82 Å². The summed E-state index contributed by atoms with van der Waals surface area (Å²) < 4.78 is 13.4. The van der Waals surface area contributed by atoms with Crippen LogP contribution in [0.1, 0.15) is 28.6 Å². The van der Waals surface area contributed by atoms with Crippen molar-refractivity contribution in [1.29, 1.82) is 5.26 Å². The Morgan fingerprint density at radius 3 is 2.93 bits per heavy atom. The minimum absolute atomic E-state index is 0.261. The Morgan fingerprint density at radius 2 is 2.29 bits per heavy atom. The summed E-state index contributed by atoms with van der Waals surface area (Å²) in [5.41, 5.74) is 2.42. The first-order valence-corrected chi connectivity index (χ1v) is 4.44. The summed E-state index contributed by atoms with van der Waals surface area (Å²) in [5.74, 6) is 0.589. The molecule has 1 aromatic heterocycles. The summed E-state index contributed by atoms with van der Waals surface area (Å²) in [6.45, 7) is 3.79. The monoisotopic (exact) mass is 191 g/mol. The molecule has 0 spiro atoms. The number of hydrogen-bond acceptors (Lipinski definition) is 3. The summed E-state index contributed by atoms with van der Waals surface area (Å²) in [4.78, 5) is 4.16. The van der Waals surface area contributed by atoms with E-state index in [0.29, 0.717) is 28.2 Å². The highest BCUT2D eigenvalue weighted by molar-refractivity contribution is 5.60. The number of halogens is 1. The van der Waals surface area contributed by atoms with Crippen LogP contribution in [0.25, 0.3) is 0 Å². The van der Waals surface area contributed by atoms with Gasteiger partial charge in [0.15, 0.2) is 0 Å². The summed E-state index contributed by atoms with van der Waals surface area (Å²) >= 11 is 0. The Labute approximate surface area is 81.6 Å². The Balaban J connectivity index is 2.72. The van der Waals surface area contributed by atoms with Crippen LogP contribution in [0.5, 0.6) is 0 Å². The number of nitriles is 1. The maximum Gasteiger partial charge on any atom is 0.146 e. The maximum atomic E-state index is 13.4. The molecule has 0 amide bonds. The van der Waals surface area contributed by atoms with Gasteiger partial charge >= 0.3 is 0 Å². The second-order valence-corrected chi connectivity index (χ2v) is 3.42. The molecule has 1 atom stereocenters. The number of aryl methyl sites for hydroxylation is 1. The average Bonchev–Trinajstić information content (AvgIpc) is 2.48. The van der Waals surface area contributed by atoms with Crippen LogP contribution in [0.3, 0.4) is 0 Å². The third kappa shape index (κ3) is 1.06. The van der Waals surface area contributed by atoms with Crippen LogP contribution in [-0.2, 0) is 0 Å². The number of hydrogen-bond donors (Lipinski definition) is 1. The maximum absolute atomic E-state index is 13.4. The molecule has 2 rings (SSSR count). The summed E-state index contributed by atoms with van der Waals surface area (Å²) in [6.07, 6.45) is -1.04. The second-order valence-electron chi connectivity index (χ2n) is 3.42. The Kier molecular flexibility index (Phi) is 1.88. The molecule has 1 aliphatic rings. The topological polar surface area (TPSA) is 48.7 Å². The minimum atomic E-state index is -1.04. The lowest BCUT2D eigenvalue weighted by Gasteiger charge is -2.08. The Morgan fingerprint density at radius 1 is 1.57 bits per heavy atom. The molecular weight excluding hydrogens is 181 g/mol.